The van der Waals surface area contributed by atoms with Crippen molar-refractivity contribution in [3.05, 3.63) is 23.9 Å². The number of carbonyl (C=O) groups excluding carboxylic acids is 1. The van der Waals surface area contributed by atoms with Gasteiger partial charge in [0.2, 0.25) is 0 Å². The van der Waals surface area contributed by atoms with E-state index in [4.69, 9.17) is 0 Å². The molecule has 0 aliphatic heterocycles. The number of nitrogens with zero attached hydrogens (tertiary/aromatic N) is 1. The zero-order valence-electron chi connectivity index (χ0n) is 11.7. The van der Waals surface area contributed by atoms with Crippen LogP contribution in [0.3, 0.4) is 0 Å². The average Bonchev–Trinajstić information content (AvgIpc) is 2.45. The Morgan fingerprint density at radius 3 is 2.89 bits per heavy atom. The van der Waals surface area contributed by atoms with Crippen molar-refractivity contribution in [1.29, 1.82) is 0 Å². The summed E-state index contributed by atoms with van der Waals surface area (Å²) in [6.07, 6.45) is 5.28. The van der Waals surface area contributed by atoms with Crippen molar-refractivity contribution in [3.8, 4) is 0 Å². The normalized spacial score (nSPS) is 10.2. The highest BCUT2D eigenvalue weighted by Crippen LogP contribution is 2.05. The maximum atomic E-state index is 11.9. The highest BCUT2D eigenvalue weighted by atomic mass is 32.2. The minimum Gasteiger partial charge on any atom is -0.370 e. The Kier molecular flexibility index (Phi) is 8.05. The molecule has 1 heterocycles. The van der Waals surface area contributed by atoms with E-state index in [2.05, 4.69) is 28.8 Å². The number of thioether (sulfide) groups is 1. The van der Waals surface area contributed by atoms with Gasteiger partial charge in [0.1, 0.15) is 11.5 Å². The maximum Gasteiger partial charge on any atom is 0.269 e. The number of amides is 1. The molecule has 0 bridgehead atoms. The summed E-state index contributed by atoms with van der Waals surface area (Å²) in [5.74, 6) is 1.81. The van der Waals surface area contributed by atoms with Crippen LogP contribution >= 0.6 is 11.8 Å². The number of carbonyl (C=O) groups is 1. The van der Waals surface area contributed by atoms with E-state index in [-0.39, 0.29) is 5.91 Å². The van der Waals surface area contributed by atoms with Crippen molar-refractivity contribution in [2.75, 3.05) is 30.4 Å². The molecular weight excluding hydrogens is 258 g/mol. The smallest absolute Gasteiger partial charge is 0.269 e. The van der Waals surface area contributed by atoms with Crippen molar-refractivity contribution in [1.82, 2.24) is 10.3 Å². The number of aromatic nitrogens is 1. The third kappa shape index (κ3) is 6.47. The van der Waals surface area contributed by atoms with E-state index >= 15 is 0 Å². The molecule has 0 fully saturated rings. The molecule has 0 radical (unpaired) electrons. The van der Waals surface area contributed by atoms with Crippen LogP contribution in [0.15, 0.2) is 18.2 Å². The van der Waals surface area contributed by atoms with Crippen molar-refractivity contribution in [2.45, 2.75) is 26.2 Å². The number of pyridine rings is 1. The quantitative estimate of drug-likeness (QED) is 0.683. The summed E-state index contributed by atoms with van der Waals surface area (Å²) in [7, 11) is 0. The van der Waals surface area contributed by atoms with Gasteiger partial charge in [-0.15, -0.1) is 0 Å². The molecule has 1 aromatic rings. The van der Waals surface area contributed by atoms with Gasteiger partial charge in [0.15, 0.2) is 0 Å². The molecule has 0 atom stereocenters. The Hall–Kier alpha value is -1.23. The van der Waals surface area contributed by atoms with Gasteiger partial charge in [0, 0.05) is 13.1 Å². The Morgan fingerprint density at radius 1 is 1.32 bits per heavy atom. The summed E-state index contributed by atoms with van der Waals surface area (Å²) >= 11 is 1.83. The van der Waals surface area contributed by atoms with E-state index < -0.39 is 0 Å². The molecule has 106 valence electrons. The predicted molar refractivity (Wildman–Crippen MR) is 83.0 cm³/mol. The van der Waals surface area contributed by atoms with Crippen molar-refractivity contribution in [3.63, 3.8) is 0 Å². The van der Waals surface area contributed by atoms with Gasteiger partial charge < -0.3 is 10.6 Å². The van der Waals surface area contributed by atoms with Crippen LogP contribution in [0, 0.1) is 0 Å². The van der Waals surface area contributed by atoms with E-state index in [0.29, 0.717) is 12.2 Å². The Balaban J connectivity index is 2.38. The van der Waals surface area contributed by atoms with E-state index in [1.807, 2.05) is 23.9 Å². The molecule has 1 rings (SSSR count). The second kappa shape index (κ2) is 9.67. The molecule has 0 saturated carbocycles. The van der Waals surface area contributed by atoms with Gasteiger partial charge in [-0.2, -0.15) is 11.8 Å². The van der Waals surface area contributed by atoms with Gasteiger partial charge in [-0.05, 0) is 43.4 Å². The van der Waals surface area contributed by atoms with Crippen LogP contribution < -0.4 is 10.6 Å². The van der Waals surface area contributed by atoms with Crippen LogP contribution in [0.4, 0.5) is 5.82 Å². The number of unbranched alkanes of at least 4 members (excludes halogenated alkanes) is 1. The van der Waals surface area contributed by atoms with Crippen molar-refractivity contribution < 1.29 is 4.79 Å². The molecule has 5 heteroatoms. The number of anilines is 1. The van der Waals surface area contributed by atoms with Gasteiger partial charge >= 0.3 is 0 Å². The van der Waals surface area contributed by atoms with Gasteiger partial charge in [-0.25, -0.2) is 4.98 Å². The van der Waals surface area contributed by atoms with Crippen LogP contribution in [0.2, 0.25) is 0 Å². The van der Waals surface area contributed by atoms with E-state index in [9.17, 15) is 4.79 Å². The molecule has 2 N–H and O–H groups in total. The topological polar surface area (TPSA) is 54.0 Å². The maximum absolute atomic E-state index is 11.9. The molecule has 0 saturated heterocycles. The molecule has 0 aliphatic carbocycles. The Labute approximate surface area is 119 Å². The van der Waals surface area contributed by atoms with Gasteiger partial charge in [0.05, 0.1) is 0 Å². The highest BCUT2D eigenvalue weighted by molar-refractivity contribution is 7.98. The molecule has 0 unspecified atom stereocenters. The van der Waals surface area contributed by atoms with Crippen LogP contribution in [-0.4, -0.2) is 36.0 Å². The first-order valence-electron chi connectivity index (χ1n) is 6.76. The second-order valence-electron chi connectivity index (χ2n) is 4.29. The van der Waals surface area contributed by atoms with E-state index in [1.54, 1.807) is 6.07 Å². The monoisotopic (exact) mass is 281 g/mol. The lowest BCUT2D eigenvalue weighted by Crippen LogP contribution is -2.25. The van der Waals surface area contributed by atoms with Gasteiger partial charge in [-0.3, -0.25) is 4.79 Å². The lowest BCUT2D eigenvalue weighted by molar-refractivity contribution is 0.0948. The van der Waals surface area contributed by atoms with Crippen LogP contribution in [0.25, 0.3) is 0 Å². The molecule has 0 aromatic carbocycles. The lowest BCUT2D eigenvalue weighted by atomic mass is 10.3. The van der Waals surface area contributed by atoms with Crippen LogP contribution in [0.1, 0.15) is 36.7 Å². The molecule has 0 aliphatic rings. The number of hydrogen-bond acceptors (Lipinski definition) is 4. The second-order valence-corrected chi connectivity index (χ2v) is 5.28. The third-order valence-electron chi connectivity index (χ3n) is 2.60. The average molecular weight is 281 g/mol. The summed E-state index contributed by atoms with van der Waals surface area (Å²) < 4.78 is 0. The number of hydrogen-bond donors (Lipinski definition) is 2. The molecule has 19 heavy (non-hydrogen) atoms. The van der Waals surface area contributed by atoms with Crippen molar-refractivity contribution in [2.24, 2.45) is 0 Å². The highest BCUT2D eigenvalue weighted by Gasteiger charge is 2.06. The molecule has 1 amide bonds. The first kappa shape index (κ1) is 15.8. The standard InChI is InChI=1S/C14H23N3OS/c1-3-9-15-13-8-6-7-12(17-13)14(18)16-10-4-5-11-19-2/h6-8H,3-5,9-11H2,1-2H3,(H,15,17)(H,16,18). The summed E-state index contributed by atoms with van der Waals surface area (Å²) in [6.45, 7) is 3.68. The van der Waals surface area contributed by atoms with Crippen LogP contribution in [-0.2, 0) is 0 Å². The molecule has 4 nitrogen and oxygen atoms in total. The fraction of sp³-hybridized carbons (Fsp3) is 0.571. The molecule has 0 spiro atoms. The summed E-state index contributed by atoms with van der Waals surface area (Å²) in [5, 5.41) is 6.08. The minimum absolute atomic E-state index is 0.0932. The van der Waals surface area contributed by atoms with E-state index in [0.717, 1.165) is 37.4 Å². The molecule has 1 aromatic heterocycles. The zero-order valence-corrected chi connectivity index (χ0v) is 12.6. The minimum atomic E-state index is -0.0932. The first-order valence-corrected chi connectivity index (χ1v) is 8.15. The third-order valence-corrected chi connectivity index (χ3v) is 3.30. The van der Waals surface area contributed by atoms with Gasteiger partial charge in [0.25, 0.3) is 5.91 Å². The van der Waals surface area contributed by atoms with Gasteiger partial charge in [-0.1, -0.05) is 13.0 Å². The summed E-state index contributed by atoms with van der Waals surface area (Å²) in [5.41, 5.74) is 0.478. The summed E-state index contributed by atoms with van der Waals surface area (Å²) in [6, 6.07) is 5.48. The molecular formula is C14H23N3OS. The van der Waals surface area contributed by atoms with Crippen molar-refractivity contribution >= 4 is 23.5 Å². The fourth-order valence-electron chi connectivity index (χ4n) is 1.58. The summed E-state index contributed by atoms with van der Waals surface area (Å²) in [4.78, 5) is 16.2. The Bertz CT molecular complexity index is 385. The van der Waals surface area contributed by atoms with Crippen LogP contribution in [0.5, 0.6) is 0 Å². The SMILES string of the molecule is CCCNc1cccc(C(=O)NCCCCSC)n1. The lowest BCUT2D eigenvalue weighted by Gasteiger charge is -2.07. The Morgan fingerprint density at radius 2 is 2.16 bits per heavy atom. The first-order chi connectivity index (χ1) is 9.27. The zero-order chi connectivity index (χ0) is 13.9. The fourth-order valence-corrected chi connectivity index (χ4v) is 2.07. The van der Waals surface area contributed by atoms with E-state index in [1.165, 1.54) is 0 Å². The predicted octanol–water partition coefficient (Wildman–Crippen LogP) is 2.78. The number of rotatable bonds is 9. The largest absolute Gasteiger partial charge is 0.370 e. The number of nitrogens with one attached hydrogen (secondary N) is 2.